The third-order valence-corrected chi connectivity index (χ3v) is 2.48. The minimum absolute atomic E-state index is 0.0352. The van der Waals surface area contributed by atoms with Gasteiger partial charge in [-0.25, -0.2) is 9.48 Å². The summed E-state index contributed by atoms with van der Waals surface area (Å²) in [6, 6.07) is 6.61. The first-order valence-corrected chi connectivity index (χ1v) is 5.25. The SMILES string of the molecule is NCc1c(C(=O)O)nnn1Cc1cccc(O)c1. The van der Waals surface area contributed by atoms with E-state index in [4.69, 9.17) is 10.8 Å². The Morgan fingerprint density at radius 3 is 2.83 bits per heavy atom. The molecule has 2 rings (SSSR count). The van der Waals surface area contributed by atoms with Gasteiger partial charge in [-0.05, 0) is 17.7 Å². The smallest absolute Gasteiger partial charge is 0.358 e. The molecule has 0 aliphatic heterocycles. The van der Waals surface area contributed by atoms with E-state index in [-0.39, 0.29) is 18.0 Å². The number of phenolic OH excluding ortho intramolecular Hbond substituents is 1. The molecule has 0 fully saturated rings. The molecule has 94 valence electrons. The zero-order valence-electron chi connectivity index (χ0n) is 9.45. The average molecular weight is 248 g/mol. The number of aromatic nitrogens is 3. The monoisotopic (exact) mass is 248 g/mol. The highest BCUT2D eigenvalue weighted by Crippen LogP contribution is 2.13. The maximum atomic E-state index is 10.9. The molecule has 0 bridgehead atoms. The van der Waals surface area contributed by atoms with E-state index in [1.165, 1.54) is 4.68 Å². The molecule has 0 unspecified atom stereocenters. The van der Waals surface area contributed by atoms with E-state index < -0.39 is 5.97 Å². The van der Waals surface area contributed by atoms with Crippen molar-refractivity contribution in [2.75, 3.05) is 0 Å². The second kappa shape index (κ2) is 4.84. The van der Waals surface area contributed by atoms with E-state index in [1.54, 1.807) is 24.3 Å². The van der Waals surface area contributed by atoms with Gasteiger partial charge in [0.2, 0.25) is 0 Å². The summed E-state index contributed by atoms with van der Waals surface area (Å²) in [4.78, 5) is 10.9. The van der Waals surface area contributed by atoms with Gasteiger partial charge in [0.1, 0.15) is 5.75 Å². The minimum Gasteiger partial charge on any atom is -0.508 e. The molecule has 2 aromatic rings. The highest BCUT2D eigenvalue weighted by Gasteiger charge is 2.17. The first-order valence-electron chi connectivity index (χ1n) is 5.25. The van der Waals surface area contributed by atoms with E-state index in [0.29, 0.717) is 12.2 Å². The molecule has 1 aromatic carbocycles. The van der Waals surface area contributed by atoms with Gasteiger partial charge in [-0.1, -0.05) is 17.3 Å². The lowest BCUT2D eigenvalue weighted by molar-refractivity contribution is 0.0689. The molecule has 0 spiro atoms. The van der Waals surface area contributed by atoms with Gasteiger partial charge in [0.25, 0.3) is 0 Å². The number of carboxylic acid groups (broad SMARTS) is 1. The summed E-state index contributed by atoms with van der Waals surface area (Å²) < 4.78 is 1.41. The van der Waals surface area contributed by atoms with Crippen molar-refractivity contribution in [3.8, 4) is 5.75 Å². The quantitative estimate of drug-likeness (QED) is 0.711. The van der Waals surface area contributed by atoms with E-state index in [0.717, 1.165) is 5.56 Å². The lowest BCUT2D eigenvalue weighted by Gasteiger charge is -2.05. The molecular weight excluding hydrogens is 236 g/mol. The molecule has 18 heavy (non-hydrogen) atoms. The number of benzene rings is 1. The highest BCUT2D eigenvalue weighted by atomic mass is 16.4. The summed E-state index contributed by atoms with van der Waals surface area (Å²) in [5, 5.41) is 25.6. The number of aromatic hydroxyl groups is 1. The summed E-state index contributed by atoms with van der Waals surface area (Å²) in [7, 11) is 0. The van der Waals surface area contributed by atoms with Crippen LogP contribution in [0.15, 0.2) is 24.3 Å². The second-order valence-electron chi connectivity index (χ2n) is 3.72. The number of aromatic carboxylic acids is 1. The fourth-order valence-electron chi connectivity index (χ4n) is 1.66. The zero-order chi connectivity index (χ0) is 13.1. The number of hydrogen-bond acceptors (Lipinski definition) is 5. The normalized spacial score (nSPS) is 10.5. The zero-order valence-corrected chi connectivity index (χ0v) is 9.45. The topological polar surface area (TPSA) is 114 Å². The van der Waals surface area contributed by atoms with Gasteiger partial charge in [-0.3, -0.25) is 0 Å². The van der Waals surface area contributed by atoms with Gasteiger partial charge in [-0.2, -0.15) is 0 Å². The second-order valence-corrected chi connectivity index (χ2v) is 3.72. The van der Waals surface area contributed by atoms with E-state index in [9.17, 15) is 9.90 Å². The molecule has 0 saturated heterocycles. The van der Waals surface area contributed by atoms with Gasteiger partial charge in [0.05, 0.1) is 12.2 Å². The predicted octanol–water partition coefficient (Wildman–Crippen LogP) is 0.189. The van der Waals surface area contributed by atoms with Gasteiger partial charge in [0, 0.05) is 6.54 Å². The number of carbonyl (C=O) groups is 1. The Bertz CT molecular complexity index is 579. The Kier molecular flexibility index (Phi) is 3.24. The van der Waals surface area contributed by atoms with Crippen molar-refractivity contribution >= 4 is 5.97 Å². The molecule has 0 aliphatic carbocycles. The summed E-state index contributed by atoms with van der Waals surface area (Å²) in [5.41, 5.74) is 6.50. The van der Waals surface area contributed by atoms with Crippen LogP contribution in [0.25, 0.3) is 0 Å². The number of rotatable bonds is 4. The fourth-order valence-corrected chi connectivity index (χ4v) is 1.66. The van der Waals surface area contributed by atoms with Crippen molar-refractivity contribution in [1.82, 2.24) is 15.0 Å². The van der Waals surface area contributed by atoms with Crippen LogP contribution < -0.4 is 5.73 Å². The van der Waals surface area contributed by atoms with Crippen LogP contribution in [-0.4, -0.2) is 31.2 Å². The summed E-state index contributed by atoms with van der Waals surface area (Å²) in [5.74, 6) is -1.02. The van der Waals surface area contributed by atoms with Crippen LogP contribution in [0, 0.1) is 0 Å². The Labute approximate surface area is 102 Å². The molecule has 0 amide bonds. The van der Waals surface area contributed by atoms with Crippen LogP contribution in [0.4, 0.5) is 0 Å². The molecule has 7 heteroatoms. The van der Waals surface area contributed by atoms with Crippen molar-refractivity contribution in [2.24, 2.45) is 5.73 Å². The molecular formula is C11H12N4O3. The molecule has 4 N–H and O–H groups in total. The van der Waals surface area contributed by atoms with E-state index >= 15 is 0 Å². The van der Waals surface area contributed by atoms with Gasteiger partial charge < -0.3 is 15.9 Å². The van der Waals surface area contributed by atoms with Crippen LogP contribution in [0.1, 0.15) is 21.7 Å². The molecule has 0 saturated carbocycles. The van der Waals surface area contributed by atoms with Crippen molar-refractivity contribution in [2.45, 2.75) is 13.1 Å². The molecule has 1 heterocycles. The average Bonchev–Trinajstić information content (AvgIpc) is 2.72. The molecule has 0 radical (unpaired) electrons. The third kappa shape index (κ3) is 2.30. The largest absolute Gasteiger partial charge is 0.508 e. The molecule has 7 nitrogen and oxygen atoms in total. The highest BCUT2D eigenvalue weighted by molar-refractivity contribution is 5.86. The van der Waals surface area contributed by atoms with E-state index in [1.807, 2.05) is 0 Å². The number of nitrogens with two attached hydrogens (primary N) is 1. The first-order chi connectivity index (χ1) is 8.61. The summed E-state index contributed by atoms with van der Waals surface area (Å²) in [6.45, 7) is 0.342. The van der Waals surface area contributed by atoms with Crippen LogP contribution in [-0.2, 0) is 13.1 Å². The van der Waals surface area contributed by atoms with E-state index in [2.05, 4.69) is 10.3 Å². The molecule has 1 aromatic heterocycles. The predicted molar refractivity (Wildman–Crippen MR) is 62.1 cm³/mol. The van der Waals surface area contributed by atoms with Gasteiger partial charge in [-0.15, -0.1) is 5.10 Å². The van der Waals surface area contributed by atoms with Gasteiger partial charge in [0.15, 0.2) is 5.69 Å². The number of nitrogens with zero attached hydrogens (tertiary/aromatic N) is 3. The van der Waals surface area contributed by atoms with Crippen LogP contribution in [0.3, 0.4) is 0 Å². The summed E-state index contributed by atoms with van der Waals surface area (Å²) in [6.07, 6.45) is 0. The Balaban J connectivity index is 2.32. The van der Waals surface area contributed by atoms with Crippen molar-refractivity contribution < 1.29 is 15.0 Å². The maximum absolute atomic E-state index is 10.9. The Morgan fingerprint density at radius 2 is 2.22 bits per heavy atom. The summed E-state index contributed by atoms with van der Waals surface area (Å²) >= 11 is 0. The Hall–Kier alpha value is -2.41. The van der Waals surface area contributed by atoms with Crippen molar-refractivity contribution in [3.63, 3.8) is 0 Å². The first kappa shape index (κ1) is 12.1. The Morgan fingerprint density at radius 1 is 1.44 bits per heavy atom. The minimum atomic E-state index is -1.15. The van der Waals surface area contributed by atoms with Crippen LogP contribution in [0.5, 0.6) is 5.75 Å². The van der Waals surface area contributed by atoms with Crippen LogP contribution >= 0.6 is 0 Å². The number of carboxylic acids is 1. The van der Waals surface area contributed by atoms with Crippen molar-refractivity contribution in [1.29, 1.82) is 0 Å². The number of phenols is 1. The van der Waals surface area contributed by atoms with Crippen molar-refractivity contribution in [3.05, 3.63) is 41.2 Å². The fraction of sp³-hybridized carbons (Fsp3) is 0.182. The third-order valence-electron chi connectivity index (χ3n) is 2.48. The van der Waals surface area contributed by atoms with Crippen LogP contribution in [0.2, 0.25) is 0 Å². The molecule has 0 aliphatic rings. The number of hydrogen-bond donors (Lipinski definition) is 3. The molecule has 0 atom stereocenters. The lowest BCUT2D eigenvalue weighted by Crippen LogP contribution is -2.13. The maximum Gasteiger partial charge on any atom is 0.358 e. The lowest BCUT2D eigenvalue weighted by atomic mass is 10.2. The standard InChI is InChI=1S/C11H12N4O3/c12-5-9-10(11(17)18)13-14-15(9)6-7-2-1-3-8(16)4-7/h1-4,16H,5-6,12H2,(H,17,18). The van der Waals surface area contributed by atoms with Gasteiger partial charge >= 0.3 is 5.97 Å².